The summed E-state index contributed by atoms with van der Waals surface area (Å²) in [5, 5.41) is 3.11. The molecule has 0 bridgehead atoms. The second-order valence-electron chi connectivity index (χ2n) is 3.53. The molecule has 1 N–H and O–H groups in total. The van der Waals surface area contributed by atoms with E-state index in [9.17, 15) is 8.78 Å². The third-order valence-electron chi connectivity index (χ3n) is 2.26. The van der Waals surface area contributed by atoms with E-state index in [-0.39, 0.29) is 11.9 Å². The first-order valence-corrected chi connectivity index (χ1v) is 5.49. The highest BCUT2D eigenvalue weighted by Gasteiger charge is 2.11. The van der Waals surface area contributed by atoms with Crippen molar-refractivity contribution in [1.29, 1.82) is 0 Å². The molecular weight excluding hydrogens is 212 g/mol. The Morgan fingerprint density at radius 1 is 1.31 bits per heavy atom. The van der Waals surface area contributed by atoms with Crippen LogP contribution in [0.2, 0.25) is 0 Å². The Bertz CT molecular complexity index is 331. The van der Waals surface area contributed by atoms with E-state index in [4.69, 9.17) is 4.74 Å². The van der Waals surface area contributed by atoms with Gasteiger partial charge >= 0.3 is 0 Å². The number of benzene rings is 1. The van der Waals surface area contributed by atoms with Gasteiger partial charge in [-0.3, -0.25) is 0 Å². The summed E-state index contributed by atoms with van der Waals surface area (Å²) in [5.41, 5.74) is 0. The summed E-state index contributed by atoms with van der Waals surface area (Å²) in [6.45, 7) is 5.38. The number of nitrogens with one attached hydrogen (secondary N) is 1. The molecule has 0 aliphatic carbocycles. The third-order valence-corrected chi connectivity index (χ3v) is 2.26. The minimum atomic E-state index is -0.531. The van der Waals surface area contributed by atoms with Crippen molar-refractivity contribution in [3.05, 3.63) is 29.8 Å². The van der Waals surface area contributed by atoms with E-state index in [1.165, 1.54) is 0 Å². The van der Waals surface area contributed by atoms with Gasteiger partial charge < -0.3 is 10.1 Å². The van der Waals surface area contributed by atoms with Crippen molar-refractivity contribution in [3.63, 3.8) is 0 Å². The second kappa shape index (κ2) is 6.43. The van der Waals surface area contributed by atoms with Gasteiger partial charge in [-0.05, 0) is 25.1 Å². The Morgan fingerprint density at radius 2 is 2.06 bits per heavy atom. The number of rotatable bonds is 6. The van der Waals surface area contributed by atoms with Gasteiger partial charge in [-0.2, -0.15) is 0 Å². The van der Waals surface area contributed by atoms with E-state index in [0.717, 1.165) is 31.2 Å². The minimum absolute atomic E-state index is 0.0234. The molecule has 2 nitrogen and oxygen atoms in total. The zero-order valence-corrected chi connectivity index (χ0v) is 9.59. The third kappa shape index (κ3) is 3.77. The number of hydrogen-bond donors (Lipinski definition) is 1. The number of hydrogen-bond acceptors (Lipinski definition) is 2. The molecule has 0 aromatic heterocycles. The van der Waals surface area contributed by atoms with Gasteiger partial charge in [0.1, 0.15) is 11.9 Å². The van der Waals surface area contributed by atoms with Gasteiger partial charge in [0.15, 0.2) is 11.6 Å². The average Bonchev–Trinajstić information content (AvgIpc) is 2.28. The van der Waals surface area contributed by atoms with Crippen LogP contribution in [0.5, 0.6) is 5.75 Å². The van der Waals surface area contributed by atoms with E-state index < -0.39 is 11.6 Å². The second-order valence-corrected chi connectivity index (χ2v) is 3.53. The summed E-state index contributed by atoms with van der Waals surface area (Å²) in [6, 6.07) is 3.22. The predicted octanol–water partition coefficient (Wildman–Crippen LogP) is 2.73. The van der Waals surface area contributed by atoms with E-state index in [2.05, 4.69) is 5.32 Å². The Kier molecular flexibility index (Phi) is 5.19. The minimum Gasteiger partial charge on any atom is -0.486 e. The van der Waals surface area contributed by atoms with Crippen LogP contribution in [0.3, 0.4) is 0 Å². The van der Waals surface area contributed by atoms with Gasteiger partial charge in [0, 0.05) is 12.6 Å². The van der Waals surface area contributed by atoms with Crippen LogP contribution >= 0.6 is 0 Å². The van der Waals surface area contributed by atoms with Crippen LogP contribution in [0.4, 0.5) is 8.78 Å². The predicted molar refractivity (Wildman–Crippen MR) is 59.6 cm³/mol. The standard InChI is InChI=1S/C12H17F2NO/c1-3-10(8-15-4-2)16-12-7-9(13)5-6-11(12)14/h5-7,10,15H,3-4,8H2,1-2H3. The topological polar surface area (TPSA) is 21.3 Å². The molecule has 0 fully saturated rings. The lowest BCUT2D eigenvalue weighted by molar-refractivity contribution is 0.185. The fourth-order valence-corrected chi connectivity index (χ4v) is 1.32. The lowest BCUT2D eigenvalue weighted by Gasteiger charge is -2.18. The van der Waals surface area contributed by atoms with E-state index >= 15 is 0 Å². The Labute approximate surface area is 94.6 Å². The maximum absolute atomic E-state index is 13.3. The van der Waals surface area contributed by atoms with Crippen molar-refractivity contribution >= 4 is 0 Å². The lowest BCUT2D eigenvalue weighted by Crippen LogP contribution is -2.31. The van der Waals surface area contributed by atoms with Crippen molar-refractivity contribution in [2.24, 2.45) is 0 Å². The molecule has 1 aromatic carbocycles. The summed E-state index contributed by atoms with van der Waals surface area (Å²) in [5.74, 6) is -1.05. The van der Waals surface area contributed by atoms with Crippen LogP contribution in [0.25, 0.3) is 0 Å². The SMILES string of the molecule is CCNCC(CC)Oc1cc(F)ccc1F. The summed E-state index contributed by atoms with van der Waals surface area (Å²) in [4.78, 5) is 0. The Morgan fingerprint density at radius 3 is 2.69 bits per heavy atom. The average molecular weight is 229 g/mol. The summed E-state index contributed by atoms with van der Waals surface area (Å²) in [6.07, 6.45) is 0.597. The van der Waals surface area contributed by atoms with Crippen molar-refractivity contribution < 1.29 is 13.5 Å². The molecule has 0 saturated carbocycles. The normalized spacial score (nSPS) is 12.5. The lowest BCUT2D eigenvalue weighted by atomic mass is 10.2. The van der Waals surface area contributed by atoms with Crippen molar-refractivity contribution in [2.75, 3.05) is 13.1 Å². The molecule has 1 atom stereocenters. The number of halogens is 2. The summed E-state index contributed by atoms with van der Waals surface area (Å²) < 4.78 is 31.6. The highest BCUT2D eigenvalue weighted by atomic mass is 19.1. The zero-order valence-electron chi connectivity index (χ0n) is 9.59. The first kappa shape index (κ1) is 12.9. The van der Waals surface area contributed by atoms with E-state index in [0.29, 0.717) is 6.54 Å². The van der Waals surface area contributed by atoms with Crippen LogP contribution < -0.4 is 10.1 Å². The van der Waals surface area contributed by atoms with Gasteiger partial charge in [0.2, 0.25) is 0 Å². The molecule has 1 rings (SSSR count). The molecule has 1 aromatic rings. The number of likely N-dealkylation sites (N-methyl/N-ethyl adjacent to an activating group) is 1. The van der Waals surface area contributed by atoms with Crippen LogP contribution in [-0.2, 0) is 0 Å². The molecule has 0 aliphatic heterocycles. The largest absolute Gasteiger partial charge is 0.486 e. The van der Waals surface area contributed by atoms with Gasteiger partial charge in [0.05, 0.1) is 0 Å². The molecule has 0 amide bonds. The first-order chi connectivity index (χ1) is 7.67. The van der Waals surface area contributed by atoms with Gasteiger partial charge in [-0.25, -0.2) is 8.78 Å². The first-order valence-electron chi connectivity index (χ1n) is 5.49. The molecule has 0 heterocycles. The van der Waals surface area contributed by atoms with Crippen molar-refractivity contribution in [2.45, 2.75) is 26.4 Å². The Hall–Kier alpha value is -1.16. The van der Waals surface area contributed by atoms with Crippen LogP contribution in [-0.4, -0.2) is 19.2 Å². The maximum Gasteiger partial charge on any atom is 0.165 e. The molecule has 0 saturated heterocycles. The van der Waals surface area contributed by atoms with E-state index in [1.807, 2.05) is 13.8 Å². The molecule has 4 heteroatoms. The van der Waals surface area contributed by atoms with Crippen molar-refractivity contribution in [1.82, 2.24) is 5.32 Å². The summed E-state index contributed by atoms with van der Waals surface area (Å²) >= 11 is 0. The number of ether oxygens (including phenoxy) is 1. The molecule has 16 heavy (non-hydrogen) atoms. The fourth-order valence-electron chi connectivity index (χ4n) is 1.32. The highest BCUT2D eigenvalue weighted by molar-refractivity contribution is 5.25. The van der Waals surface area contributed by atoms with Gasteiger partial charge in [0.25, 0.3) is 0 Å². The van der Waals surface area contributed by atoms with Gasteiger partial charge in [-0.1, -0.05) is 13.8 Å². The molecule has 90 valence electrons. The van der Waals surface area contributed by atoms with Crippen molar-refractivity contribution in [3.8, 4) is 5.75 Å². The zero-order chi connectivity index (χ0) is 12.0. The van der Waals surface area contributed by atoms with E-state index in [1.54, 1.807) is 0 Å². The molecule has 0 aliphatic rings. The molecule has 0 spiro atoms. The van der Waals surface area contributed by atoms with Crippen LogP contribution in [0.1, 0.15) is 20.3 Å². The van der Waals surface area contributed by atoms with Crippen LogP contribution in [0, 0.1) is 11.6 Å². The Balaban J connectivity index is 2.65. The monoisotopic (exact) mass is 229 g/mol. The molecule has 1 unspecified atom stereocenters. The smallest absolute Gasteiger partial charge is 0.165 e. The quantitative estimate of drug-likeness (QED) is 0.809. The maximum atomic E-state index is 13.3. The highest BCUT2D eigenvalue weighted by Crippen LogP contribution is 2.19. The molecule has 0 radical (unpaired) electrons. The van der Waals surface area contributed by atoms with Gasteiger partial charge in [-0.15, -0.1) is 0 Å². The summed E-state index contributed by atoms with van der Waals surface area (Å²) in [7, 11) is 0. The van der Waals surface area contributed by atoms with Crippen LogP contribution in [0.15, 0.2) is 18.2 Å². The fraction of sp³-hybridized carbons (Fsp3) is 0.500. The molecular formula is C12H17F2NO.